The molecule has 2 aromatic carbocycles. The number of ketones is 1. The second-order valence-corrected chi connectivity index (χ2v) is 6.11. The second-order valence-electron chi connectivity index (χ2n) is 6.11. The Balaban J connectivity index is 1.53. The van der Waals surface area contributed by atoms with E-state index < -0.39 is 6.04 Å². The standard InChI is InChI=1S/C19H18F2N2O2/c20-15-5-1-12(2-6-15)10-23-19(25)17-9-14(11-22-17)18(24)13-3-7-16(21)8-4-13/h1-8,14,17,22H,9-11H2,(H,23,25). The topological polar surface area (TPSA) is 58.2 Å². The third-order valence-corrected chi connectivity index (χ3v) is 4.33. The molecule has 0 aliphatic carbocycles. The van der Waals surface area contributed by atoms with Crippen molar-refractivity contribution in [2.75, 3.05) is 6.54 Å². The lowest BCUT2D eigenvalue weighted by Gasteiger charge is -2.11. The Morgan fingerprint density at radius 1 is 1.00 bits per heavy atom. The van der Waals surface area contributed by atoms with Gasteiger partial charge in [-0.2, -0.15) is 0 Å². The number of nitrogens with one attached hydrogen (secondary N) is 2. The van der Waals surface area contributed by atoms with E-state index in [0.717, 1.165) is 5.56 Å². The van der Waals surface area contributed by atoms with Crippen molar-refractivity contribution in [1.82, 2.24) is 10.6 Å². The highest BCUT2D eigenvalue weighted by Gasteiger charge is 2.33. The number of hydrogen-bond acceptors (Lipinski definition) is 3. The molecule has 4 nitrogen and oxygen atoms in total. The molecule has 2 atom stereocenters. The molecule has 1 saturated heterocycles. The molecule has 0 radical (unpaired) electrons. The molecule has 6 heteroatoms. The Labute approximate surface area is 144 Å². The van der Waals surface area contributed by atoms with Gasteiger partial charge in [0.15, 0.2) is 5.78 Å². The Morgan fingerprint density at radius 3 is 2.24 bits per heavy atom. The zero-order valence-corrected chi connectivity index (χ0v) is 13.5. The molecular weight excluding hydrogens is 326 g/mol. The van der Waals surface area contributed by atoms with Gasteiger partial charge < -0.3 is 10.6 Å². The normalized spacial score (nSPS) is 19.6. The third kappa shape index (κ3) is 4.28. The summed E-state index contributed by atoms with van der Waals surface area (Å²) in [5, 5.41) is 5.83. The fourth-order valence-electron chi connectivity index (χ4n) is 2.90. The smallest absolute Gasteiger partial charge is 0.237 e. The van der Waals surface area contributed by atoms with Gasteiger partial charge in [0, 0.05) is 24.6 Å². The molecule has 1 aliphatic heterocycles. The number of hydrogen-bond donors (Lipinski definition) is 2. The Bertz CT molecular complexity index is 760. The van der Waals surface area contributed by atoms with Gasteiger partial charge in [0.1, 0.15) is 11.6 Å². The van der Waals surface area contributed by atoms with Crippen LogP contribution in [0.15, 0.2) is 48.5 Å². The summed E-state index contributed by atoms with van der Waals surface area (Å²) in [5.74, 6) is -1.32. The maximum atomic E-state index is 12.9. The first-order valence-corrected chi connectivity index (χ1v) is 8.08. The van der Waals surface area contributed by atoms with Crippen molar-refractivity contribution < 1.29 is 18.4 Å². The monoisotopic (exact) mass is 344 g/mol. The summed E-state index contributed by atoms with van der Waals surface area (Å²) in [5.41, 5.74) is 1.24. The van der Waals surface area contributed by atoms with E-state index in [9.17, 15) is 18.4 Å². The molecule has 0 aromatic heterocycles. The second kappa shape index (κ2) is 7.53. The van der Waals surface area contributed by atoms with E-state index in [1.54, 1.807) is 12.1 Å². The molecule has 130 valence electrons. The van der Waals surface area contributed by atoms with Crippen molar-refractivity contribution in [3.05, 3.63) is 71.3 Å². The zero-order chi connectivity index (χ0) is 17.8. The van der Waals surface area contributed by atoms with Gasteiger partial charge in [-0.25, -0.2) is 8.78 Å². The van der Waals surface area contributed by atoms with E-state index in [1.807, 2.05) is 0 Å². The van der Waals surface area contributed by atoms with Crippen molar-refractivity contribution in [2.24, 2.45) is 5.92 Å². The van der Waals surface area contributed by atoms with Crippen LogP contribution in [0.25, 0.3) is 0 Å². The summed E-state index contributed by atoms with van der Waals surface area (Å²) >= 11 is 0. The van der Waals surface area contributed by atoms with E-state index in [1.165, 1.54) is 36.4 Å². The van der Waals surface area contributed by atoms with E-state index >= 15 is 0 Å². The van der Waals surface area contributed by atoms with Crippen LogP contribution in [0.2, 0.25) is 0 Å². The number of benzene rings is 2. The van der Waals surface area contributed by atoms with Gasteiger partial charge in [0.2, 0.25) is 5.91 Å². The maximum absolute atomic E-state index is 12.9. The van der Waals surface area contributed by atoms with Crippen LogP contribution in [0.3, 0.4) is 0 Å². The summed E-state index contributed by atoms with van der Waals surface area (Å²) < 4.78 is 25.8. The Hall–Kier alpha value is -2.60. The number of rotatable bonds is 5. The van der Waals surface area contributed by atoms with Gasteiger partial charge in [-0.3, -0.25) is 9.59 Å². The van der Waals surface area contributed by atoms with Crippen molar-refractivity contribution >= 4 is 11.7 Å². The molecule has 2 unspecified atom stereocenters. The maximum Gasteiger partial charge on any atom is 0.237 e. The molecule has 1 amide bonds. The van der Waals surface area contributed by atoms with Crippen LogP contribution >= 0.6 is 0 Å². The van der Waals surface area contributed by atoms with Gasteiger partial charge in [-0.1, -0.05) is 12.1 Å². The van der Waals surface area contributed by atoms with Gasteiger partial charge in [-0.15, -0.1) is 0 Å². The number of halogens is 2. The summed E-state index contributed by atoms with van der Waals surface area (Å²) in [6.45, 7) is 0.707. The van der Waals surface area contributed by atoms with Crippen LogP contribution in [0, 0.1) is 17.6 Å². The first-order chi connectivity index (χ1) is 12.0. The van der Waals surface area contributed by atoms with Crippen LogP contribution in [0.5, 0.6) is 0 Å². The molecular formula is C19H18F2N2O2. The van der Waals surface area contributed by atoms with E-state index in [2.05, 4.69) is 10.6 Å². The average molecular weight is 344 g/mol. The zero-order valence-electron chi connectivity index (χ0n) is 13.5. The fraction of sp³-hybridized carbons (Fsp3) is 0.263. The number of carbonyl (C=O) groups excluding carboxylic acids is 2. The minimum Gasteiger partial charge on any atom is -0.351 e. The van der Waals surface area contributed by atoms with Crippen molar-refractivity contribution in [3.8, 4) is 0 Å². The summed E-state index contributed by atoms with van der Waals surface area (Å²) in [6, 6.07) is 10.9. The van der Waals surface area contributed by atoms with Gasteiger partial charge in [-0.05, 0) is 48.4 Å². The Morgan fingerprint density at radius 2 is 1.60 bits per heavy atom. The molecule has 25 heavy (non-hydrogen) atoms. The third-order valence-electron chi connectivity index (χ3n) is 4.33. The van der Waals surface area contributed by atoms with Crippen LogP contribution in [0.1, 0.15) is 22.3 Å². The van der Waals surface area contributed by atoms with E-state index in [-0.39, 0.29) is 29.2 Å². The molecule has 0 saturated carbocycles. The highest BCUT2D eigenvalue weighted by molar-refractivity contribution is 5.99. The predicted molar refractivity (Wildman–Crippen MR) is 88.9 cm³/mol. The van der Waals surface area contributed by atoms with Crippen LogP contribution in [-0.2, 0) is 11.3 Å². The summed E-state index contributed by atoms with van der Waals surface area (Å²) in [7, 11) is 0. The van der Waals surface area contributed by atoms with Crippen molar-refractivity contribution in [3.63, 3.8) is 0 Å². The SMILES string of the molecule is O=C(c1ccc(F)cc1)C1CNC(C(=O)NCc2ccc(F)cc2)C1. The predicted octanol–water partition coefficient (Wildman–Crippen LogP) is 2.44. The van der Waals surface area contributed by atoms with Crippen LogP contribution in [0.4, 0.5) is 8.78 Å². The molecule has 2 N–H and O–H groups in total. The van der Waals surface area contributed by atoms with E-state index in [0.29, 0.717) is 25.1 Å². The number of Topliss-reactive ketones (excluding diaryl/α,β-unsaturated/α-hetero) is 1. The quantitative estimate of drug-likeness (QED) is 0.819. The minimum absolute atomic E-state index is 0.0960. The van der Waals surface area contributed by atoms with Crippen molar-refractivity contribution in [1.29, 1.82) is 0 Å². The first-order valence-electron chi connectivity index (χ1n) is 8.08. The largest absolute Gasteiger partial charge is 0.351 e. The average Bonchev–Trinajstić information content (AvgIpc) is 3.11. The highest BCUT2D eigenvalue weighted by atomic mass is 19.1. The van der Waals surface area contributed by atoms with Gasteiger partial charge in [0.25, 0.3) is 0 Å². The lowest BCUT2D eigenvalue weighted by molar-refractivity contribution is -0.122. The molecule has 0 bridgehead atoms. The molecule has 3 rings (SSSR count). The van der Waals surface area contributed by atoms with Gasteiger partial charge in [0.05, 0.1) is 6.04 Å². The molecule has 0 spiro atoms. The van der Waals surface area contributed by atoms with Crippen LogP contribution < -0.4 is 10.6 Å². The summed E-state index contributed by atoms with van der Waals surface area (Å²) in [6.07, 6.45) is 0.394. The number of carbonyl (C=O) groups is 2. The lowest BCUT2D eigenvalue weighted by Crippen LogP contribution is -2.39. The minimum atomic E-state index is -0.449. The lowest BCUT2D eigenvalue weighted by atomic mass is 9.95. The van der Waals surface area contributed by atoms with Crippen LogP contribution in [-0.4, -0.2) is 24.3 Å². The fourth-order valence-corrected chi connectivity index (χ4v) is 2.90. The molecule has 1 aliphatic rings. The highest BCUT2D eigenvalue weighted by Crippen LogP contribution is 2.20. The van der Waals surface area contributed by atoms with Gasteiger partial charge >= 0.3 is 0 Å². The van der Waals surface area contributed by atoms with E-state index in [4.69, 9.17) is 0 Å². The Kier molecular flexibility index (Phi) is 5.19. The first kappa shape index (κ1) is 17.2. The molecule has 1 fully saturated rings. The molecule has 1 heterocycles. The summed E-state index contributed by atoms with van der Waals surface area (Å²) in [4.78, 5) is 24.6. The number of amides is 1. The van der Waals surface area contributed by atoms with Crippen molar-refractivity contribution in [2.45, 2.75) is 19.0 Å². The molecule has 2 aromatic rings.